The lowest BCUT2D eigenvalue weighted by Gasteiger charge is -2.10. The summed E-state index contributed by atoms with van der Waals surface area (Å²) in [6.45, 7) is 0. The standard InChI is InChI=1S/C16H15BrN2O3/c1-22-14-8-7-12(17)10-13(14)16(21)19-18-15(20)9-11-5-3-2-4-6-11/h2-8,10H,9H2,1H3,(H,18,20)(H,19,21). The molecule has 0 unspecified atom stereocenters. The maximum absolute atomic E-state index is 12.1. The third kappa shape index (κ3) is 4.33. The van der Waals surface area contributed by atoms with Crippen molar-refractivity contribution in [1.29, 1.82) is 0 Å². The maximum atomic E-state index is 12.1. The van der Waals surface area contributed by atoms with Crippen LogP contribution in [-0.4, -0.2) is 18.9 Å². The van der Waals surface area contributed by atoms with Gasteiger partial charge in [-0.25, -0.2) is 0 Å². The largest absolute Gasteiger partial charge is 0.496 e. The van der Waals surface area contributed by atoms with Crippen molar-refractivity contribution in [1.82, 2.24) is 10.9 Å². The van der Waals surface area contributed by atoms with Crippen molar-refractivity contribution in [2.45, 2.75) is 6.42 Å². The summed E-state index contributed by atoms with van der Waals surface area (Å²) in [5.41, 5.74) is 5.97. The van der Waals surface area contributed by atoms with Crippen LogP contribution in [0.25, 0.3) is 0 Å². The van der Waals surface area contributed by atoms with Crippen LogP contribution < -0.4 is 15.6 Å². The molecule has 0 bridgehead atoms. The van der Waals surface area contributed by atoms with Crippen molar-refractivity contribution in [3.8, 4) is 5.75 Å². The molecule has 2 rings (SSSR count). The molecule has 0 aromatic heterocycles. The van der Waals surface area contributed by atoms with Gasteiger partial charge in [-0.05, 0) is 23.8 Å². The first-order valence-corrected chi connectivity index (χ1v) is 7.36. The van der Waals surface area contributed by atoms with E-state index in [4.69, 9.17) is 4.74 Å². The molecule has 2 aromatic rings. The quantitative estimate of drug-likeness (QED) is 0.821. The van der Waals surface area contributed by atoms with E-state index < -0.39 is 5.91 Å². The Hall–Kier alpha value is -2.34. The lowest BCUT2D eigenvalue weighted by atomic mass is 10.1. The molecule has 0 fully saturated rings. The van der Waals surface area contributed by atoms with Crippen LogP contribution in [0.5, 0.6) is 5.75 Å². The molecule has 5 nitrogen and oxygen atoms in total. The van der Waals surface area contributed by atoms with Gasteiger partial charge >= 0.3 is 0 Å². The van der Waals surface area contributed by atoms with Crippen LogP contribution in [0.2, 0.25) is 0 Å². The van der Waals surface area contributed by atoms with Gasteiger partial charge in [0.25, 0.3) is 5.91 Å². The molecule has 6 heteroatoms. The van der Waals surface area contributed by atoms with Gasteiger partial charge in [0.05, 0.1) is 19.1 Å². The Morgan fingerprint density at radius 2 is 1.82 bits per heavy atom. The highest BCUT2D eigenvalue weighted by Crippen LogP contribution is 2.22. The van der Waals surface area contributed by atoms with Gasteiger partial charge in [-0.3, -0.25) is 20.4 Å². The summed E-state index contributed by atoms with van der Waals surface area (Å²) < 4.78 is 5.87. The lowest BCUT2D eigenvalue weighted by molar-refractivity contribution is -0.121. The molecular weight excluding hydrogens is 348 g/mol. The fourth-order valence-electron chi connectivity index (χ4n) is 1.88. The van der Waals surface area contributed by atoms with Crippen LogP contribution in [0.15, 0.2) is 53.0 Å². The zero-order valence-corrected chi connectivity index (χ0v) is 13.5. The van der Waals surface area contributed by atoms with Gasteiger partial charge in [-0.15, -0.1) is 0 Å². The Morgan fingerprint density at radius 1 is 1.09 bits per heavy atom. The van der Waals surface area contributed by atoms with E-state index in [1.165, 1.54) is 7.11 Å². The topological polar surface area (TPSA) is 67.4 Å². The molecule has 2 amide bonds. The molecule has 0 saturated heterocycles. The van der Waals surface area contributed by atoms with Crippen molar-refractivity contribution < 1.29 is 14.3 Å². The highest BCUT2D eigenvalue weighted by molar-refractivity contribution is 9.10. The number of halogens is 1. The van der Waals surface area contributed by atoms with E-state index in [-0.39, 0.29) is 12.3 Å². The van der Waals surface area contributed by atoms with Gasteiger partial charge in [0.2, 0.25) is 5.91 Å². The fourth-order valence-corrected chi connectivity index (χ4v) is 2.24. The van der Waals surface area contributed by atoms with Gasteiger partial charge < -0.3 is 4.74 Å². The predicted molar refractivity (Wildman–Crippen MR) is 86.4 cm³/mol. The van der Waals surface area contributed by atoms with Crippen LogP contribution >= 0.6 is 15.9 Å². The molecular formula is C16H15BrN2O3. The van der Waals surface area contributed by atoms with Gasteiger partial charge in [0.1, 0.15) is 5.75 Å². The first-order chi connectivity index (χ1) is 10.6. The Balaban J connectivity index is 1.95. The van der Waals surface area contributed by atoms with Crippen LogP contribution in [0, 0.1) is 0 Å². The third-order valence-electron chi connectivity index (χ3n) is 2.93. The molecule has 114 valence electrons. The van der Waals surface area contributed by atoms with Crippen LogP contribution in [0.1, 0.15) is 15.9 Å². The first kappa shape index (κ1) is 16.0. The normalized spacial score (nSPS) is 9.91. The summed E-state index contributed by atoms with van der Waals surface area (Å²) in [6.07, 6.45) is 0.191. The average Bonchev–Trinajstić information content (AvgIpc) is 2.53. The van der Waals surface area contributed by atoms with Gasteiger partial charge in [0.15, 0.2) is 0 Å². The van der Waals surface area contributed by atoms with E-state index in [2.05, 4.69) is 26.8 Å². The Labute approximate surface area is 136 Å². The third-order valence-corrected chi connectivity index (χ3v) is 3.42. The van der Waals surface area contributed by atoms with Crippen LogP contribution in [0.3, 0.4) is 0 Å². The molecule has 0 saturated carbocycles. The smallest absolute Gasteiger partial charge is 0.273 e. The number of hydrogen-bond acceptors (Lipinski definition) is 3. The highest BCUT2D eigenvalue weighted by atomic mass is 79.9. The minimum absolute atomic E-state index is 0.191. The summed E-state index contributed by atoms with van der Waals surface area (Å²) in [5, 5.41) is 0. The van der Waals surface area contributed by atoms with Crippen LogP contribution in [-0.2, 0) is 11.2 Å². The second-order valence-corrected chi connectivity index (χ2v) is 5.42. The highest BCUT2D eigenvalue weighted by Gasteiger charge is 2.13. The number of nitrogens with one attached hydrogen (secondary N) is 2. The number of hydrazine groups is 1. The molecule has 22 heavy (non-hydrogen) atoms. The molecule has 2 aromatic carbocycles. The second kappa shape index (κ2) is 7.61. The minimum Gasteiger partial charge on any atom is -0.496 e. The van der Waals surface area contributed by atoms with Gasteiger partial charge in [-0.2, -0.15) is 0 Å². The van der Waals surface area contributed by atoms with Gasteiger partial charge in [-0.1, -0.05) is 46.3 Å². The van der Waals surface area contributed by atoms with Crippen LogP contribution in [0.4, 0.5) is 0 Å². The molecule has 0 radical (unpaired) electrons. The summed E-state index contributed by atoms with van der Waals surface area (Å²) in [4.78, 5) is 23.9. The number of methoxy groups -OCH3 is 1. The summed E-state index contributed by atoms with van der Waals surface area (Å²) in [7, 11) is 1.48. The Morgan fingerprint density at radius 3 is 2.50 bits per heavy atom. The SMILES string of the molecule is COc1ccc(Br)cc1C(=O)NNC(=O)Cc1ccccc1. The van der Waals surface area contributed by atoms with E-state index in [0.717, 1.165) is 10.0 Å². The monoisotopic (exact) mass is 362 g/mol. The molecule has 0 heterocycles. The zero-order chi connectivity index (χ0) is 15.9. The second-order valence-electron chi connectivity index (χ2n) is 4.51. The number of carbonyl (C=O) groups excluding carboxylic acids is 2. The van der Waals surface area contributed by atoms with Crippen molar-refractivity contribution in [3.05, 3.63) is 64.1 Å². The number of ether oxygens (including phenoxy) is 1. The van der Waals surface area contributed by atoms with Crippen molar-refractivity contribution in [2.75, 3.05) is 7.11 Å². The molecule has 0 spiro atoms. The Kier molecular flexibility index (Phi) is 5.55. The molecule has 0 aliphatic carbocycles. The van der Waals surface area contributed by atoms with E-state index >= 15 is 0 Å². The molecule has 0 atom stereocenters. The predicted octanol–water partition coefficient (Wildman–Crippen LogP) is 2.46. The van der Waals surface area contributed by atoms with E-state index in [0.29, 0.717) is 11.3 Å². The van der Waals surface area contributed by atoms with Crippen molar-refractivity contribution in [3.63, 3.8) is 0 Å². The fraction of sp³-hybridized carbons (Fsp3) is 0.125. The average molecular weight is 363 g/mol. The summed E-state index contributed by atoms with van der Waals surface area (Å²) in [6, 6.07) is 14.3. The first-order valence-electron chi connectivity index (χ1n) is 6.57. The molecule has 2 N–H and O–H groups in total. The molecule has 0 aliphatic heterocycles. The number of rotatable bonds is 4. The molecule has 0 aliphatic rings. The minimum atomic E-state index is -0.445. The maximum Gasteiger partial charge on any atom is 0.273 e. The number of hydrogen-bond donors (Lipinski definition) is 2. The number of amides is 2. The van der Waals surface area contributed by atoms with Crippen molar-refractivity contribution in [2.24, 2.45) is 0 Å². The lowest BCUT2D eigenvalue weighted by Crippen LogP contribution is -2.42. The van der Waals surface area contributed by atoms with E-state index in [1.807, 2.05) is 30.3 Å². The van der Waals surface area contributed by atoms with Crippen molar-refractivity contribution >= 4 is 27.7 Å². The number of benzene rings is 2. The van der Waals surface area contributed by atoms with E-state index in [1.54, 1.807) is 18.2 Å². The zero-order valence-electron chi connectivity index (χ0n) is 11.9. The summed E-state index contributed by atoms with van der Waals surface area (Å²) in [5.74, 6) is -0.314. The number of carbonyl (C=O) groups is 2. The van der Waals surface area contributed by atoms with E-state index in [9.17, 15) is 9.59 Å². The summed E-state index contributed by atoms with van der Waals surface area (Å²) >= 11 is 3.30. The van der Waals surface area contributed by atoms with Gasteiger partial charge in [0, 0.05) is 4.47 Å². The Bertz CT molecular complexity index is 674.